The predicted octanol–water partition coefficient (Wildman–Crippen LogP) is 2.49. The molecule has 1 amide bonds. The first-order valence-electron chi connectivity index (χ1n) is 7.74. The van der Waals surface area contributed by atoms with E-state index in [1.807, 2.05) is 13.0 Å². The van der Waals surface area contributed by atoms with Crippen LogP contribution in [0.5, 0.6) is 0 Å². The highest BCUT2D eigenvalue weighted by Gasteiger charge is 2.32. The topological polar surface area (TPSA) is 79.4 Å². The Hall–Kier alpha value is -1.77. The number of hydrogen-bond acceptors (Lipinski definition) is 5. The molecule has 0 saturated carbocycles. The molecule has 0 spiro atoms. The second kappa shape index (κ2) is 7.00. The highest BCUT2D eigenvalue weighted by atomic mass is 32.2. The SMILES string of the molecule is Cc1ccc(NC(=O)C2CCN(S(=O)(=O)c3cccs3)CC2)nc1. The fraction of sp³-hybridized carbons (Fsp3) is 0.375. The van der Waals surface area contributed by atoms with Gasteiger partial charge in [-0.25, -0.2) is 13.4 Å². The Morgan fingerprint density at radius 3 is 2.62 bits per heavy atom. The smallest absolute Gasteiger partial charge is 0.252 e. The lowest BCUT2D eigenvalue weighted by Crippen LogP contribution is -2.41. The van der Waals surface area contributed by atoms with Gasteiger partial charge in [-0.1, -0.05) is 12.1 Å². The van der Waals surface area contributed by atoms with Crippen molar-refractivity contribution in [2.75, 3.05) is 18.4 Å². The van der Waals surface area contributed by atoms with Gasteiger partial charge in [-0.2, -0.15) is 4.31 Å². The largest absolute Gasteiger partial charge is 0.310 e. The molecule has 1 fully saturated rings. The number of amides is 1. The van der Waals surface area contributed by atoms with Crippen molar-refractivity contribution in [1.82, 2.24) is 9.29 Å². The molecule has 8 heteroatoms. The van der Waals surface area contributed by atoms with Crippen LogP contribution in [0.1, 0.15) is 18.4 Å². The quantitative estimate of drug-likeness (QED) is 0.903. The number of carbonyl (C=O) groups excluding carboxylic acids is 1. The van der Waals surface area contributed by atoms with Crippen LogP contribution in [0.2, 0.25) is 0 Å². The number of rotatable bonds is 4. The minimum absolute atomic E-state index is 0.0977. The molecule has 2 aromatic heterocycles. The van der Waals surface area contributed by atoms with Crippen LogP contribution < -0.4 is 5.32 Å². The molecule has 1 N–H and O–H groups in total. The molecule has 0 aromatic carbocycles. The zero-order valence-electron chi connectivity index (χ0n) is 13.3. The van der Waals surface area contributed by atoms with Gasteiger partial charge in [0, 0.05) is 25.2 Å². The van der Waals surface area contributed by atoms with Crippen molar-refractivity contribution in [2.24, 2.45) is 5.92 Å². The summed E-state index contributed by atoms with van der Waals surface area (Å²) < 4.78 is 26.8. The zero-order chi connectivity index (χ0) is 17.2. The predicted molar refractivity (Wildman–Crippen MR) is 93.4 cm³/mol. The number of nitrogens with zero attached hydrogens (tertiary/aromatic N) is 2. The average molecular weight is 365 g/mol. The molecule has 0 unspecified atom stereocenters. The fourth-order valence-corrected chi connectivity index (χ4v) is 5.28. The van der Waals surface area contributed by atoms with E-state index >= 15 is 0 Å². The first kappa shape index (κ1) is 17.1. The van der Waals surface area contributed by atoms with Gasteiger partial charge in [0.05, 0.1) is 0 Å². The van der Waals surface area contributed by atoms with Crippen LogP contribution in [0, 0.1) is 12.8 Å². The number of hydrogen-bond donors (Lipinski definition) is 1. The van der Waals surface area contributed by atoms with Gasteiger partial charge >= 0.3 is 0 Å². The highest BCUT2D eigenvalue weighted by molar-refractivity contribution is 7.91. The molecule has 24 heavy (non-hydrogen) atoms. The maximum Gasteiger partial charge on any atom is 0.252 e. The Balaban J connectivity index is 1.58. The van der Waals surface area contributed by atoms with Crippen LogP contribution in [0.3, 0.4) is 0 Å². The highest BCUT2D eigenvalue weighted by Crippen LogP contribution is 2.26. The molecular weight excluding hydrogens is 346 g/mol. The van der Waals surface area contributed by atoms with E-state index in [1.165, 1.54) is 15.6 Å². The lowest BCUT2D eigenvalue weighted by atomic mass is 9.97. The third kappa shape index (κ3) is 3.66. The van der Waals surface area contributed by atoms with Gasteiger partial charge in [0.1, 0.15) is 10.0 Å². The number of anilines is 1. The average Bonchev–Trinajstić information content (AvgIpc) is 3.12. The summed E-state index contributed by atoms with van der Waals surface area (Å²) >= 11 is 1.22. The standard InChI is InChI=1S/C16H19N3O3S2/c1-12-4-5-14(17-11-12)18-16(20)13-6-8-19(9-7-13)24(21,22)15-3-2-10-23-15/h2-5,10-11,13H,6-9H2,1H3,(H,17,18,20). The van der Waals surface area contributed by atoms with Gasteiger partial charge in [0.25, 0.3) is 10.0 Å². The minimum atomic E-state index is -3.42. The first-order valence-corrected chi connectivity index (χ1v) is 10.1. The summed E-state index contributed by atoms with van der Waals surface area (Å²) in [5, 5.41) is 4.56. The number of sulfonamides is 1. The van der Waals surface area contributed by atoms with Crippen molar-refractivity contribution in [3.63, 3.8) is 0 Å². The Kier molecular flexibility index (Phi) is 4.98. The van der Waals surface area contributed by atoms with Crippen molar-refractivity contribution in [3.8, 4) is 0 Å². The number of aromatic nitrogens is 1. The van der Waals surface area contributed by atoms with E-state index in [-0.39, 0.29) is 11.8 Å². The van der Waals surface area contributed by atoms with Crippen molar-refractivity contribution >= 4 is 33.1 Å². The summed E-state index contributed by atoms with van der Waals surface area (Å²) in [6.07, 6.45) is 2.73. The number of aryl methyl sites for hydroxylation is 1. The zero-order valence-corrected chi connectivity index (χ0v) is 14.9. The van der Waals surface area contributed by atoms with E-state index in [0.29, 0.717) is 36.0 Å². The molecule has 3 heterocycles. The summed E-state index contributed by atoms with van der Waals surface area (Å²) in [7, 11) is -3.42. The Morgan fingerprint density at radius 1 is 1.29 bits per heavy atom. The summed E-state index contributed by atoms with van der Waals surface area (Å²) in [6.45, 7) is 2.65. The summed E-state index contributed by atoms with van der Waals surface area (Å²) in [4.78, 5) is 16.5. The maximum absolute atomic E-state index is 12.5. The fourth-order valence-electron chi connectivity index (χ4n) is 2.67. The molecule has 3 rings (SSSR count). The molecule has 0 bridgehead atoms. The van der Waals surface area contributed by atoms with Crippen molar-refractivity contribution in [1.29, 1.82) is 0 Å². The van der Waals surface area contributed by atoms with E-state index in [9.17, 15) is 13.2 Å². The number of pyridine rings is 1. The third-order valence-corrected chi connectivity index (χ3v) is 7.35. The van der Waals surface area contributed by atoms with E-state index in [0.717, 1.165) is 5.56 Å². The van der Waals surface area contributed by atoms with Crippen LogP contribution in [-0.2, 0) is 14.8 Å². The molecule has 0 aliphatic carbocycles. The second-order valence-corrected chi connectivity index (χ2v) is 8.93. The molecule has 1 aliphatic rings. The second-order valence-electron chi connectivity index (χ2n) is 5.82. The Labute approximate surface area is 145 Å². The molecule has 0 atom stereocenters. The molecule has 1 saturated heterocycles. The molecular formula is C16H19N3O3S2. The van der Waals surface area contributed by atoms with Crippen LogP contribution in [0.25, 0.3) is 0 Å². The van der Waals surface area contributed by atoms with Crippen LogP contribution in [0.15, 0.2) is 40.1 Å². The minimum Gasteiger partial charge on any atom is -0.310 e. The lowest BCUT2D eigenvalue weighted by Gasteiger charge is -2.30. The van der Waals surface area contributed by atoms with Crippen LogP contribution >= 0.6 is 11.3 Å². The summed E-state index contributed by atoms with van der Waals surface area (Å²) in [5.41, 5.74) is 1.03. The van der Waals surface area contributed by atoms with E-state index in [4.69, 9.17) is 0 Å². The van der Waals surface area contributed by atoms with Crippen molar-refractivity contribution in [3.05, 3.63) is 41.4 Å². The molecule has 0 radical (unpaired) electrons. The van der Waals surface area contributed by atoms with Crippen molar-refractivity contribution < 1.29 is 13.2 Å². The van der Waals surface area contributed by atoms with Gasteiger partial charge in [0.15, 0.2) is 0 Å². The van der Waals surface area contributed by atoms with E-state index < -0.39 is 10.0 Å². The normalized spacial score (nSPS) is 16.9. The summed E-state index contributed by atoms with van der Waals surface area (Å²) in [5.74, 6) is 0.238. The van der Waals surface area contributed by atoms with Crippen LogP contribution in [0.4, 0.5) is 5.82 Å². The Morgan fingerprint density at radius 2 is 2.04 bits per heavy atom. The molecule has 1 aliphatic heterocycles. The van der Waals surface area contributed by atoms with Gasteiger partial charge in [0.2, 0.25) is 5.91 Å². The number of piperidine rings is 1. The van der Waals surface area contributed by atoms with E-state index in [1.54, 1.807) is 29.8 Å². The van der Waals surface area contributed by atoms with Crippen molar-refractivity contribution in [2.45, 2.75) is 24.0 Å². The molecule has 128 valence electrons. The Bertz CT molecular complexity index is 794. The number of nitrogens with one attached hydrogen (secondary N) is 1. The van der Waals surface area contributed by atoms with Crippen LogP contribution in [-0.4, -0.2) is 36.7 Å². The number of carbonyl (C=O) groups is 1. The van der Waals surface area contributed by atoms with E-state index in [2.05, 4.69) is 10.3 Å². The number of thiophene rings is 1. The monoisotopic (exact) mass is 365 g/mol. The van der Waals surface area contributed by atoms with Gasteiger partial charge in [-0.3, -0.25) is 4.79 Å². The maximum atomic E-state index is 12.5. The summed E-state index contributed by atoms with van der Waals surface area (Å²) in [6, 6.07) is 7.00. The molecule has 6 nitrogen and oxygen atoms in total. The molecule has 2 aromatic rings. The third-order valence-electron chi connectivity index (χ3n) is 4.08. The first-order chi connectivity index (χ1) is 11.5. The van der Waals surface area contributed by atoms with Gasteiger partial charge in [-0.05, 0) is 42.8 Å². The lowest BCUT2D eigenvalue weighted by molar-refractivity contribution is -0.120. The van der Waals surface area contributed by atoms with Gasteiger partial charge < -0.3 is 5.32 Å². The van der Waals surface area contributed by atoms with Gasteiger partial charge in [-0.15, -0.1) is 11.3 Å².